The third-order valence-electron chi connectivity index (χ3n) is 5.43. The van der Waals surface area contributed by atoms with Crippen molar-refractivity contribution in [2.75, 3.05) is 0 Å². The summed E-state index contributed by atoms with van der Waals surface area (Å²) < 4.78 is 0. The third kappa shape index (κ3) is 3.53. The average molecular weight is 372 g/mol. The number of carbonyl (C=O) groups is 1. The fourth-order valence-corrected chi connectivity index (χ4v) is 4.89. The van der Waals surface area contributed by atoms with Gasteiger partial charge in [-0.3, -0.25) is 4.79 Å². The van der Waals surface area contributed by atoms with Crippen LogP contribution in [0.25, 0.3) is 10.6 Å². The molecule has 0 bridgehead atoms. The molecule has 2 aliphatic rings. The molecule has 6 nitrogen and oxygen atoms in total. The fraction of sp³-hybridized carbons (Fsp3) is 0.474. The normalized spacial score (nSPS) is 25.1. The molecule has 1 aromatic heterocycles. The lowest BCUT2D eigenvalue weighted by atomic mass is 9.82. The average Bonchev–Trinajstić information content (AvgIpc) is 3.25. The van der Waals surface area contributed by atoms with Crippen LogP contribution in [-0.2, 0) is 11.3 Å². The molecular formula is C19H25N5OS. The minimum Gasteiger partial charge on any atom is -0.351 e. The topological polar surface area (TPSA) is 78.1 Å². The summed E-state index contributed by atoms with van der Waals surface area (Å²) in [5, 5.41) is 4.16. The number of rotatable bonds is 4. The monoisotopic (exact) mass is 371 g/mol. The van der Waals surface area contributed by atoms with Gasteiger partial charge >= 0.3 is 0 Å². The van der Waals surface area contributed by atoms with E-state index in [1.165, 1.54) is 11.1 Å². The SMILES string of the molecule is Cc1ccccc1-c1nc(C)c(CNC(=O)C2CCC3NNNC3C2)s1. The molecule has 4 N–H and O–H groups in total. The summed E-state index contributed by atoms with van der Waals surface area (Å²) in [7, 11) is 0. The van der Waals surface area contributed by atoms with Gasteiger partial charge in [0.25, 0.3) is 0 Å². The summed E-state index contributed by atoms with van der Waals surface area (Å²) in [4.78, 5) is 18.5. The van der Waals surface area contributed by atoms with Gasteiger partial charge in [0.2, 0.25) is 5.91 Å². The van der Waals surface area contributed by atoms with E-state index in [1.54, 1.807) is 11.3 Å². The Kier molecular flexibility index (Phi) is 5.04. The van der Waals surface area contributed by atoms with E-state index in [9.17, 15) is 4.79 Å². The van der Waals surface area contributed by atoms with Gasteiger partial charge in [0, 0.05) is 28.4 Å². The lowest BCUT2D eigenvalue weighted by Gasteiger charge is -2.29. The van der Waals surface area contributed by atoms with E-state index >= 15 is 0 Å². The van der Waals surface area contributed by atoms with E-state index in [0.717, 1.165) is 34.8 Å². The number of nitrogens with zero attached hydrogens (tertiary/aromatic N) is 1. The van der Waals surface area contributed by atoms with Crippen LogP contribution < -0.4 is 21.7 Å². The number of hydrogen-bond acceptors (Lipinski definition) is 6. The highest BCUT2D eigenvalue weighted by atomic mass is 32.1. The summed E-state index contributed by atoms with van der Waals surface area (Å²) in [6.45, 7) is 4.68. The van der Waals surface area contributed by atoms with Crippen molar-refractivity contribution in [2.45, 2.75) is 51.7 Å². The van der Waals surface area contributed by atoms with Crippen molar-refractivity contribution in [1.82, 2.24) is 26.7 Å². The summed E-state index contributed by atoms with van der Waals surface area (Å²) in [5.74, 6) is 0.233. The molecule has 1 saturated carbocycles. The first-order valence-electron chi connectivity index (χ1n) is 9.18. The maximum atomic E-state index is 12.6. The minimum absolute atomic E-state index is 0.0783. The highest BCUT2D eigenvalue weighted by molar-refractivity contribution is 7.15. The molecule has 0 spiro atoms. The van der Waals surface area contributed by atoms with E-state index in [0.29, 0.717) is 18.6 Å². The molecule has 3 unspecified atom stereocenters. The van der Waals surface area contributed by atoms with Gasteiger partial charge in [-0.25, -0.2) is 15.8 Å². The highest BCUT2D eigenvalue weighted by Crippen LogP contribution is 2.30. The lowest BCUT2D eigenvalue weighted by Crippen LogP contribution is -2.44. The molecule has 1 amide bonds. The molecule has 4 rings (SSSR count). The number of nitrogens with one attached hydrogen (secondary N) is 4. The molecule has 2 aromatic rings. The zero-order valence-corrected chi connectivity index (χ0v) is 16.0. The predicted molar refractivity (Wildman–Crippen MR) is 103 cm³/mol. The standard InChI is InChI=1S/C19H25N5OS/c1-11-5-3-4-6-14(11)19-21-12(2)17(26-19)10-20-18(25)13-7-8-15-16(9-13)23-24-22-15/h3-6,13,15-16,22-24H,7-10H2,1-2H3,(H,20,25). The summed E-state index contributed by atoms with van der Waals surface area (Å²) in [6, 6.07) is 9.05. The number of aromatic nitrogens is 1. The Morgan fingerprint density at radius 2 is 2.04 bits per heavy atom. The Bertz CT molecular complexity index is 805. The first-order chi connectivity index (χ1) is 12.6. The van der Waals surface area contributed by atoms with Crippen molar-refractivity contribution in [2.24, 2.45) is 5.92 Å². The second kappa shape index (κ2) is 7.44. The summed E-state index contributed by atoms with van der Waals surface area (Å²) in [5.41, 5.74) is 12.8. The first-order valence-corrected chi connectivity index (χ1v) is 9.99. The van der Waals surface area contributed by atoms with E-state index in [-0.39, 0.29) is 11.8 Å². The molecule has 1 aliphatic heterocycles. The largest absolute Gasteiger partial charge is 0.351 e. The van der Waals surface area contributed by atoms with Gasteiger partial charge in [-0.05, 0) is 38.7 Å². The van der Waals surface area contributed by atoms with Crippen molar-refractivity contribution in [1.29, 1.82) is 0 Å². The Morgan fingerprint density at radius 3 is 2.88 bits per heavy atom. The van der Waals surface area contributed by atoms with E-state index in [2.05, 4.69) is 40.8 Å². The van der Waals surface area contributed by atoms with Crippen LogP contribution in [0.4, 0.5) is 0 Å². The van der Waals surface area contributed by atoms with Gasteiger partial charge in [-0.1, -0.05) is 24.3 Å². The Hall–Kier alpha value is -1.80. The molecule has 2 heterocycles. The Balaban J connectivity index is 1.39. The van der Waals surface area contributed by atoms with Crippen LogP contribution in [0.3, 0.4) is 0 Å². The quantitative estimate of drug-likeness (QED) is 0.663. The number of hydrogen-bond donors (Lipinski definition) is 4. The molecule has 1 aromatic carbocycles. The van der Waals surface area contributed by atoms with Gasteiger partial charge < -0.3 is 5.32 Å². The van der Waals surface area contributed by atoms with Gasteiger partial charge in [0.1, 0.15) is 5.01 Å². The zero-order chi connectivity index (χ0) is 18.1. The second-order valence-electron chi connectivity index (χ2n) is 7.20. The maximum Gasteiger partial charge on any atom is 0.223 e. The fourth-order valence-electron chi connectivity index (χ4n) is 3.80. The number of thiazole rings is 1. The Morgan fingerprint density at radius 1 is 1.23 bits per heavy atom. The lowest BCUT2D eigenvalue weighted by molar-refractivity contribution is -0.126. The van der Waals surface area contributed by atoms with Crippen molar-refractivity contribution in [3.63, 3.8) is 0 Å². The van der Waals surface area contributed by atoms with Crippen LogP contribution >= 0.6 is 11.3 Å². The van der Waals surface area contributed by atoms with E-state index in [1.807, 2.05) is 19.1 Å². The molecule has 2 fully saturated rings. The summed E-state index contributed by atoms with van der Waals surface area (Å²) >= 11 is 1.67. The Labute approximate surface area is 157 Å². The zero-order valence-electron chi connectivity index (χ0n) is 15.1. The predicted octanol–water partition coefficient (Wildman–Crippen LogP) is 2.19. The number of amides is 1. The second-order valence-corrected chi connectivity index (χ2v) is 8.28. The van der Waals surface area contributed by atoms with Crippen molar-refractivity contribution < 1.29 is 4.79 Å². The molecular weight excluding hydrogens is 346 g/mol. The number of benzene rings is 1. The van der Waals surface area contributed by atoms with Crippen LogP contribution in [0.15, 0.2) is 24.3 Å². The molecule has 26 heavy (non-hydrogen) atoms. The van der Waals surface area contributed by atoms with E-state index < -0.39 is 0 Å². The van der Waals surface area contributed by atoms with Gasteiger partial charge in [-0.2, -0.15) is 5.53 Å². The number of aryl methyl sites for hydroxylation is 2. The van der Waals surface area contributed by atoms with Crippen LogP contribution in [0.2, 0.25) is 0 Å². The van der Waals surface area contributed by atoms with E-state index in [4.69, 9.17) is 4.98 Å². The van der Waals surface area contributed by atoms with Gasteiger partial charge in [0.15, 0.2) is 0 Å². The number of hydrazine groups is 2. The van der Waals surface area contributed by atoms with Crippen LogP contribution in [-0.4, -0.2) is 23.0 Å². The van der Waals surface area contributed by atoms with Crippen molar-refractivity contribution >= 4 is 17.2 Å². The van der Waals surface area contributed by atoms with Crippen LogP contribution in [0.1, 0.15) is 35.4 Å². The van der Waals surface area contributed by atoms with Crippen molar-refractivity contribution in [3.05, 3.63) is 40.4 Å². The third-order valence-corrected chi connectivity index (χ3v) is 6.62. The minimum atomic E-state index is 0.0783. The molecule has 138 valence electrons. The molecule has 0 radical (unpaired) electrons. The van der Waals surface area contributed by atoms with Crippen molar-refractivity contribution in [3.8, 4) is 10.6 Å². The molecule has 7 heteroatoms. The first kappa shape index (κ1) is 17.6. The van der Waals surface area contributed by atoms with Crippen LogP contribution in [0, 0.1) is 19.8 Å². The highest BCUT2D eigenvalue weighted by Gasteiger charge is 2.36. The summed E-state index contributed by atoms with van der Waals surface area (Å²) in [6.07, 6.45) is 2.81. The molecule has 1 saturated heterocycles. The van der Waals surface area contributed by atoms with Gasteiger partial charge in [-0.15, -0.1) is 11.3 Å². The number of fused-ring (bicyclic) bond motifs is 1. The number of carbonyl (C=O) groups excluding carboxylic acids is 1. The molecule has 3 atom stereocenters. The van der Waals surface area contributed by atoms with Gasteiger partial charge in [0.05, 0.1) is 12.2 Å². The smallest absolute Gasteiger partial charge is 0.223 e. The maximum absolute atomic E-state index is 12.6. The van der Waals surface area contributed by atoms with Crippen LogP contribution in [0.5, 0.6) is 0 Å². The molecule has 1 aliphatic carbocycles.